The van der Waals surface area contributed by atoms with Gasteiger partial charge in [-0.25, -0.2) is 15.0 Å². The van der Waals surface area contributed by atoms with Gasteiger partial charge in [-0.3, -0.25) is 4.40 Å². The first-order valence-electron chi connectivity index (χ1n) is 9.58. The van der Waals surface area contributed by atoms with Crippen LogP contribution in [-0.4, -0.2) is 38.5 Å². The van der Waals surface area contributed by atoms with E-state index in [2.05, 4.69) is 21.7 Å². The third-order valence-corrected chi connectivity index (χ3v) is 5.81. The molecule has 2 N–H and O–H groups in total. The molecule has 1 aromatic carbocycles. The standard InChI is InChI=1S/C21H19N7S/c22-12-14-3-1-4-15(11-14)18-19(28-9-10-29-21(28)27-18)17-6-8-24-20(26-17)25-16-5-2-7-23-13-16/h1,3-4,6,8-11,16,23H,2,5,7,13H2,(H,24,25,26). The zero-order valence-corrected chi connectivity index (χ0v) is 16.5. The lowest BCUT2D eigenvalue weighted by molar-refractivity contribution is 0.478. The second-order valence-electron chi connectivity index (χ2n) is 7.01. The minimum atomic E-state index is 0.331. The summed E-state index contributed by atoms with van der Waals surface area (Å²) in [6.07, 6.45) is 6.03. The maximum Gasteiger partial charge on any atom is 0.223 e. The van der Waals surface area contributed by atoms with Crippen molar-refractivity contribution in [3.63, 3.8) is 0 Å². The van der Waals surface area contributed by atoms with Crippen molar-refractivity contribution in [2.45, 2.75) is 18.9 Å². The topological polar surface area (TPSA) is 90.9 Å². The maximum atomic E-state index is 9.28. The summed E-state index contributed by atoms with van der Waals surface area (Å²) in [5.74, 6) is 0.623. The van der Waals surface area contributed by atoms with Crippen LogP contribution in [0.4, 0.5) is 5.95 Å². The normalized spacial score (nSPS) is 16.6. The van der Waals surface area contributed by atoms with Crippen LogP contribution in [0.2, 0.25) is 0 Å². The van der Waals surface area contributed by atoms with Crippen molar-refractivity contribution in [2.75, 3.05) is 18.4 Å². The Hall–Kier alpha value is -3.28. The quantitative estimate of drug-likeness (QED) is 0.543. The molecule has 7 nitrogen and oxygen atoms in total. The zero-order valence-electron chi connectivity index (χ0n) is 15.7. The third kappa shape index (κ3) is 3.46. The molecule has 1 atom stereocenters. The monoisotopic (exact) mass is 401 g/mol. The van der Waals surface area contributed by atoms with Gasteiger partial charge in [0.1, 0.15) is 5.69 Å². The molecule has 1 saturated heterocycles. The number of nitrogens with one attached hydrogen (secondary N) is 2. The molecule has 4 aromatic rings. The highest BCUT2D eigenvalue weighted by Gasteiger charge is 2.20. The van der Waals surface area contributed by atoms with Crippen molar-refractivity contribution in [1.29, 1.82) is 5.26 Å². The average Bonchev–Trinajstić information content (AvgIpc) is 3.36. The van der Waals surface area contributed by atoms with Gasteiger partial charge in [-0.05, 0) is 37.6 Å². The van der Waals surface area contributed by atoms with Crippen LogP contribution in [0.15, 0.2) is 48.1 Å². The van der Waals surface area contributed by atoms with Gasteiger partial charge in [0, 0.05) is 35.9 Å². The Morgan fingerprint density at radius 1 is 1.28 bits per heavy atom. The van der Waals surface area contributed by atoms with E-state index in [1.165, 1.54) is 0 Å². The van der Waals surface area contributed by atoms with E-state index in [-0.39, 0.29) is 0 Å². The van der Waals surface area contributed by atoms with Crippen LogP contribution >= 0.6 is 11.3 Å². The van der Waals surface area contributed by atoms with Crippen molar-refractivity contribution in [3.8, 4) is 28.7 Å². The van der Waals surface area contributed by atoms with Crippen LogP contribution in [0.1, 0.15) is 18.4 Å². The van der Waals surface area contributed by atoms with Gasteiger partial charge >= 0.3 is 0 Å². The van der Waals surface area contributed by atoms with Gasteiger partial charge < -0.3 is 10.6 Å². The number of hydrogen-bond acceptors (Lipinski definition) is 7. The predicted molar refractivity (Wildman–Crippen MR) is 114 cm³/mol. The van der Waals surface area contributed by atoms with Crippen molar-refractivity contribution in [1.82, 2.24) is 24.7 Å². The fourth-order valence-electron chi connectivity index (χ4n) is 3.69. The van der Waals surface area contributed by atoms with Gasteiger partial charge in [-0.15, -0.1) is 11.3 Å². The summed E-state index contributed by atoms with van der Waals surface area (Å²) < 4.78 is 2.05. The van der Waals surface area contributed by atoms with Crippen LogP contribution in [0, 0.1) is 11.3 Å². The molecule has 1 fully saturated rings. The Morgan fingerprint density at radius 2 is 2.24 bits per heavy atom. The number of anilines is 1. The van der Waals surface area contributed by atoms with E-state index >= 15 is 0 Å². The Bertz CT molecular complexity index is 1200. The van der Waals surface area contributed by atoms with E-state index in [0.29, 0.717) is 17.6 Å². The third-order valence-electron chi connectivity index (χ3n) is 5.06. The lowest BCUT2D eigenvalue weighted by Crippen LogP contribution is -2.38. The summed E-state index contributed by atoms with van der Waals surface area (Å²) in [5.41, 5.74) is 4.04. The summed E-state index contributed by atoms with van der Waals surface area (Å²) in [4.78, 5) is 14.9. The van der Waals surface area contributed by atoms with Gasteiger partial charge in [0.05, 0.1) is 23.0 Å². The molecule has 4 heterocycles. The molecule has 0 aliphatic carbocycles. The van der Waals surface area contributed by atoms with E-state index < -0.39 is 0 Å². The van der Waals surface area contributed by atoms with Crippen molar-refractivity contribution in [3.05, 3.63) is 53.7 Å². The van der Waals surface area contributed by atoms with Crippen molar-refractivity contribution >= 4 is 22.2 Å². The molecule has 0 spiro atoms. The minimum Gasteiger partial charge on any atom is -0.350 e. The van der Waals surface area contributed by atoms with E-state index in [4.69, 9.17) is 9.97 Å². The molecule has 1 aliphatic heterocycles. The van der Waals surface area contributed by atoms with E-state index in [0.717, 1.165) is 53.5 Å². The molecule has 5 rings (SSSR count). The molecule has 144 valence electrons. The number of hydrogen-bond donors (Lipinski definition) is 2. The average molecular weight is 401 g/mol. The highest BCUT2D eigenvalue weighted by molar-refractivity contribution is 7.15. The number of nitriles is 1. The molecule has 3 aromatic heterocycles. The Balaban J connectivity index is 1.58. The first kappa shape index (κ1) is 17.8. The number of benzene rings is 1. The molecule has 1 unspecified atom stereocenters. The van der Waals surface area contributed by atoms with Crippen LogP contribution in [0.3, 0.4) is 0 Å². The summed E-state index contributed by atoms with van der Waals surface area (Å²) in [6.45, 7) is 1.98. The number of imidazole rings is 1. The molecule has 8 heteroatoms. The second-order valence-corrected chi connectivity index (χ2v) is 7.88. The second kappa shape index (κ2) is 7.62. The fraction of sp³-hybridized carbons (Fsp3) is 0.238. The Labute approximate surface area is 172 Å². The van der Waals surface area contributed by atoms with Crippen molar-refractivity contribution in [2.24, 2.45) is 0 Å². The lowest BCUT2D eigenvalue weighted by Gasteiger charge is -2.23. The summed E-state index contributed by atoms with van der Waals surface area (Å²) in [6, 6.07) is 12.0. The number of thiazole rings is 1. The summed E-state index contributed by atoms with van der Waals surface area (Å²) in [7, 11) is 0. The maximum absolute atomic E-state index is 9.28. The molecule has 0 saturated carbocycles. The Kier molecular flexibility index (Phi) is 4.68. The first-order valence-corrected chi connectivity index (χ1v) is 10.5. The number of aromatic nitrogens is 4. The highest BCUT2D eigenvalue weighted by Crippen LogP contribution is 2.34. The van der Waals surface area contributed by atoms with Crippen LogP contribution in [0.25, 0.3) is 27.6 Å². The molecule has 0 radical (unpaired) electrons. The highest BCUT2D eigenvalue weighted by atomic mass is 32.1. The van der Waals surface area contributed by atoms with E-state index in [1.54, 1.807) is 23.6 Å². The SMILES string of the molecule is N#Cc1cccc(-c2nc3sccn3c2-c2ccnc(NC3CCCNC3)n2)c1. The summed E-state index contributed by atoms with van der Waals surface area (Å²) >= 11 is 1.57. The minimum absolute atomic E-state index is 0.331. The van der Waals surface area contributed by atoms with Crippen LogP contribution in [-0.2, 0) is 0 Å². The predicted octanol–water partition coefficient (Wildman–Crippen LogP) is 3.56. The molecular weight excluding hydrogens is 382 g/mol. The Morgan fingerprint density at radius 3 is 3.10 bits per heavy atom. The van der Waals surface area contributed by atoms with Crippen LogP contribution < -0.4 is 10.6 Å². The number of nitrogens with zero attached hydrogens (tertiary/aromatic N) is 5. The molecule has 1 aliphatic rings. The van der Waals surface area contributed by atoms with Gasteiger partial charge in [0.2, 0.25) is 5.95 Å². The largest absolute Gasteiger partial charge is 0.350 e. The fourth-order valence-corrected chi connectivity index (χ4v) is 4.40. The summed E-state index contributed by atoms with van der Waals surface area (Å²) in [5, 5.41) is 18.1. The first-order chi connectivity index (χ1) is 14.3. The van der Waals surface area contributed by atoms with Gasteiger partial charge in [0.15, 0.2) is 4.96 Å². The van der Waals surface area contributed by atoms with E-state index in [1.807, 2.05) is 40.2 Å². The number of fused-ring (bicyclic) bond motifs is 1. The zero-order chi connectivity index (χ0) is 19.6. The number of rotatable bonds is 4. The molecular formula is C21H19N7S. The van der Waals surface area contributed by atoms with Gasteiger partial charge in [-0.1, -0.05) is 12.1 Å². The van der Waals surface area contributed by atoms with Crippen LogP contribution in [0.5, 0.6) is 0 Å². The molecule has 29 heavy (non-hydrogen) atoms. The van der Waals surface area contributed by atoms with E-state index in [9.17, 15) is 5.26 Å². The van der Waals surface area contributed by atoms with Gasteiger partial charge in [0.25, 0.3) is 0 Å². The molecule has 0 bridgehead atoms. The van der Waals surface area contributed by atoms with Gasteiger partial charge in [-0.2, -0.15) is 5.26 Å². The van der Waals surface area contributed by atoms with Crippen molar-refractivity contribution < 1.29 is 0 Å². The lowest BCUT2D eigenvalue weighted by atomic mass is 10.1. The smallest absolute Gasteiger partial charge is 0.223 e. The number of piperidine rings is 1. The molecule has 0 amide bonds.